The Bertz CT molecular complexity index is 1360. The summed E-state index contributed by atoms with van der Waals surface area (Å²) < 4.78 is 8.32. The van der Waals surface area contributed by atoms with Crippen LogP contribution in [0.15, 0.2) is 30.9 Å². The summed E-state index contributed by atoms with van der Waals surface area (Å²) in [5, 5.41) is 14.6. The Hall–Kier alpha value is -3.35. The van der Waals surface area contributed by atoms with Gasteiger partial charge in [0.2, 0.25) is 5.91 Å². The number of rotatable bonds is 10. The van der Waals surface area contributed by atoms with E-state index >= 15 is 0 Å². The largest absolute Gasteiger partial charge is 0.353 e. The second-order valence-electron chi connectivity index (χ2n) is 9.74. The molecule has 0 radical (unpaired) electrons. The van der Waals surface area contributed by atoms with Crippen LogP contribution in [-0.2, 0) is 17.9 Å². The minimum Gasteiger partial charge on any atom is -0.353 e. The molecule has 5 heterocycles. The molecule has 1 atom stereocenters. The number of nitrogens with zero attached hydrogens (tertiary/aromatic N) is 7. The van der Waals surface area contributed by atoms with Gasteiger partial charge in [-0.25, -0.2) is 9.97 Å². The van der Waals surface area contributed by atoms with Gasteiger partial charge in [-0.15, -0.1) is 0 Å². The number of aromatic nitrogens is 6. The summed E-state index contributed by atoms with van der Waals surface area (Å²) in [7, 11) is 1.85. The zero-order chi connectivity index (χ0) is 25.8. The molecule has 196 valence electrons. The average Bonchev–Trinajstić information content (AvgIpc) is 3.59. The van der Waals surface area contributed by atoms with Gasteiger partial charge in [0, 0.05) is 44.1 Å². The Morgan fingerprint density at radius 1 is 1.24 bits per heavy atom. The van der Waals surface area contributed by atoms with Crippen LogP contribution in [0.2, 0.25) is 0 Å². The van der Waals surface area contributed by atoms with Gasteiger partial charge in [-0.2, -0.15) is 9.47 Å². The quantitative estimate of drug-likeness (QED) is 0.272. The van der Waals surface area contributed by atoms with Crippen molar-refractivity contribution in [2.45, 2.75) is 39.8 Å². The zero-order valence-corrected chi connectivity index (χ0v) is 22.4. The molecular formula is C25H34N10OS. The van der Waals surface area contributed by atoms with Gasteiger partial charge >= 0.3 is 0 Å². The summed E-state index contributed by atoms with van der Waals surface area (Å²) in [5.74, 6) is 1.36. The normalized spacial score (nSPS) is 16.4. The number of likely N-dealkylation sites (N-methyl/N-ethyl adjacent to an activating group) is 1. The van der Waals surface area contributed by atoms with E-state index in [-0.39, 0.29) is 12.5 Å². The molecule has 12 heteroatoms. The van der Waals surface area contributed by atoms with Crippen LogP contribution in [0.4, 0.5) is 10.8 Å². The summed E-state index contributed by atoms with van der Waals surface area (Å²) in [6.07, 6.45) is 9.96. The van der Waals surface area contributed by atoms with Gasteiger partial charge in [0.15, 0.2) is 11.5 Å². The first-order valence-corrected chi connectivity index (χ1v) is 13.5. The van der Waals surface area contributed by atoms with E-state index in [1.807, 2.05) is 37.0 Å². The maximum atomic E-state index is 12.1. The highest BCUT2D eigenvalue weighted by Gasteiger charge is 2.18. The smallest absolute Gasteiger partial charge is 0.241 e. The van der Waals surface area contributed by atoms with Crippen molar-refractivity contribution in [3.8, 4) is 11.3 Å². The summed E-state index contributed by atoms with van der Waals surface area (Å²) in [6.45, 7) is 8.90. The molecule has 1 aliphatic heterocycles. The molecule has 1 saturated heterocycles. The van der Waals surface area contributed by atoms with Crippen molar-refractivity contribution in [3.63, 3.8) is 0 Å². The summed E-state index contributed by atoms with van der Waals surface area (Å²) in [6, 6.07) is 2.11. The van der Waals surface area contributed by atoms with Gasteiger partial charge in [-0.1, -0.05) is 6.92 Å². The number of piperidine rings is 1. The van der Waals surface area contributed by atoms with Crippen LogP contribution in [0.25, 0.3) is 16.9 Å². The van der Waals surface area contributed by atoms with E-state index in [1.54, 1.807) is 10.9 Å². The van der Waals surface area contributed by atoms with Gasteiger partial charge in [0.05, 0.1) is 29.5 Å². The number of aryl methyl sites for hydroxylation is 1. The lowest BCUT2D eigenvalue weighted by Crippen LogP contribution is -2.33. The lowest BCUT2D eigenvalue weighted by molar-refractivity contribution is -0.121. The Morgan fingerprint density at radius 3 is 2.97 bits per heavy atom. The van der Waals surface area contributed by atoms with Crippen LogP contribution in [0.3, 0.4) is 0 Å². The number of hydrogen-bond acceptors (Lipinski definition) is 9. The predicted octanol–water partition coefficient (Wildman–Crippen LogP) is 2.67. The zero-order valence-electron chi connectivity index (χ0n) is 21.6. The molecule has 1 amide bonds. The number of imidazole rings is 1. The molecule has 5 rings (SSSR count). The van der Waals surface area contributed by atoms with Crippen molar-refractivity contribution in [3.05, 3.63) is 42.2 Å². The fourth-order valence-electron chi connectivity index (χ4n) is 4.74. The van der Waals surface area contributed by atoms with E-state index in [0.29, 0.717) is 12.4 Å². The van der Waals surface area contributed by atoms with Crippen molar-refractivity contribution < 1.29 is 4.79 Å². The SMILES string of the molecule is CNCCNC(=O)Cn1cc(-c2cnc3c(Nc4cc(CN5CCCC(C)C5)ns4)nc(C)cn23)cn1. The summed E-state index contributed by atoms with van der Waals surface area (Å²) >= 11 is 1.45. The number of amides is 1. The molecule has 3 N–H and O–H groups in total. The maximum absolute atomic E-state index is 12.1. The summed E-state index contributed by atoms with van der Waals surface area (Å²) in [4.78, 5) is 24.0. The highest BCUT2D eigenvalue weighted by atomic mass is 32.1. The topological polar surface area (TPSA) is 117 Å². The fraction of sp³-hybridized carbons (Fsp3) is 0.480. The maximum Gasteiger partial charge on any atom is 0.241 e. The minimum absolute atomic E-state index is 0.0757. The highest BCUT2D eigenvalue weighted by Crippen LogP contribution is 2.28. The molecule has 4 aromatic rings. The van der Waals surface area contributed by atoms with Gasteiger partial charge in [0.25, 0.3) is 0 Å². The Morgan fingerprint density at radius 2 is 2.14 bits per heavy atom. The van der Waals surface area contributed by atoms with Crippen molar-refractivity contribution in [2.75, 3.05) is 38.5 Å². The predicted molar refractivity (Wildman–Crippen MR) is 145 cm³/mol. The molecular weight excluding hydrogens is 488 g/mol. The van der Waals surface area contributed by atoms with Crippen LogP contribution >= 0.6 is 11.5 Å². The van der Waals surface area contributed by atoms with Crippen molar-refractivity contribution in [2.24, 2.45) is 5.92 Å². The number of anilines is 2. The van der Waals surface area contributed by atoms with Crippen molar-refractivity contribution >= 4 is 33.9 Å². The molecule has 1 aliphatic rings. The number of hydrogen-bond donors (Lipinski definition) is 3. The Balaban J connectivity index is 1.30. The second-order valence-corrected chi connectivity index (χ2v) is 10.5. The average molecular weight is 523 g/mol. The number of nitrogens with one attached hydrogen (secondary N) is 3. The molecule has 0 spiro atoms. The van der Waals surface area contributed by atoms with Gasteiger partial charge in [0.1, 0.15) is 11.5 Å². The molecule has 11 nitrogen and oxygen atoms in total. The van der Waals surface area contributed by atoms with Gasteiger partial charge < -0.3 is 16.0 Å². The highest BCUT2D eigenvalue weighted by molar-refractivity contribution is 7.10. The van der Waals surface area contributed by atoms with Crippen LogP contribution in [-0.4, -0.2) is 72.6 Å². The third kappa shape index (κ3) is 6.14. The third-order valence-corrected chi connectivity index (χ3v) is 7.21. The number of carbonyl (C=O) groups is 1. The first-order valence-electron chi connectivity index (χ1n) is 12.7. The molecule has 4 aromatic heterocycles. The van der Waals surface area contributed by atoms with E-state index in [9.17, 15) is 4.79 Å². The van der Waals surface area contributed by atoms with Crippen molar-refractivity contribution in [1.29, 1.82) is 0 Å². The molecule has 37 heavy (non-hydrogen) atoms. The van der Waals surface area contributed by atoms with Gasteiger partial charge in [-0.3, -0.25) is 18.8 Å². The lowest BCUT2D eigenvalue weighted by Gasteiger charge is -2.30. The van der Waals surface area contributed by atoms with E-state index in [4.69, 9.17) is 4.98 Å². The standard InChI is InChI=1S/C25H34N10OS/c1-17-5-4-8-33(12-17)15-20-9-23(37-32-20)31-24-25-28-11-21(35(25)13-18(2)30-24)19-10-29-34(14-19)16-22(36)27-7-6-26-3/h9-11,13-14,17,26H,4-8,12,15-16H2,1-3H3,(H,27,36)(H,30,31). The molecule has 0 bridgehead atoms. The summed E-state index contributed by atoms with van der Waals surface area (Å²) in [5.41, 5.74) is 4.42. The number of carbonyl (C=O) groups excluding carboxylic acids is 1. The van der Waals surface area contributed by atoms with Crippen molar-refractivity contribution in [1.82, 2.24) is 44.1 Å². The fourth-order valence-corrected chi connectivity index (χ4v) is 5.40. The number of likely N-dealkylation sites (tertiary alicyclic amines) is 1. The minimum atomic E-state index is -0.0757. The van der Waals surface area contributed by atoms with Crippen LogP contribution in [0, 0.1) is 12.8 Å². The third-order valence-electron chi connectivity index (χ3n) is 6.47. The molecule has 0 saturated carbocycles. The first-order chi connectivity index (χ1) is 18.0. The van der Waals surface area contributed by atoms with E-state index < -0.39 is 0 Å². The van der Waals surface area contributed by atoms with Crippen LogP contribution < -0.4 is 16.0 Å². The Labute approximate surface area is 220 Å². The second kappa shape index (κ2) is 11.4. The molecule has 0 aliphatic carbocycles. The molecule has 0 aromatic carbocycles. The molecule has 1 unspecified atom stereocenters. The lowest BCUT2D eigenvalue weighted by atomic mass is 10.0. The van der Waals surface area contributed by atoms with E-state index in [1.165, 1.54) is 24.4 Å². The van der Waals surface area contributed by atoms with Gasteiger partial charge in [-0.05, 0) is 56.9 Å². The molecule has 1 fully saturated rings. The van der Waals surface area contributed by atoms with Crippen LogP contribution in [0.1, 0.15) is 31.2 Å². The monoisotopic (exact) mass is 522 g/mol. The number of fused-ring (bicyclic) bond motifs is 1. The van der Waals surface area contributed by atoms with E-state index in [0.717, 1.165) is 65.4 Å². The van der Waals surface area contributed by atoms with E-state index in [2.05, 4.69) is 48.3 Å². The van der Waals surface area contributed by atoms with Crippen LogP contribution in [0.5, 0.6) is 0 Å². The first kappa shape index (κ1) is 25.3. The Kier molecular flexibility index (Phi) is 7.77.